The smallest absolute Gasteiger partial charge is 0.166 e. The van der Waals surface area contributed by atoms with Gasteiger partial charge in [0.2, 0.25) is 0 Å². The van der Waals surface area contributed by atoms with Gasteiger partial charge in [-0.15, -0.1) is 0 Å². The molecule has 0 aliphatic carbocycles. The Kier molecular flexibility index (Phi) is 2.33. The highest BCUT2D eigenvalue weighted by Gasteiger charge is 2.12. The lowest BCUT2D eigenvalue weighted by Gasteiger charge is -2.03. The average Bonchev–Trinajstić information content (AvgIpc) is 2.70. The number of rotatable bonds is 1. The van der Waals surface area contributed by atoms with Crippen LogP contribution in [0.1, 0.15) is 0 Å². The van der Waals surface area contributed by atoms with E-state index in [-0.39, 0.29) is 0 Å². The molecule has 0 saturated heterocycles. The number of hydrogen-bond donors (Lipinski definition) is 1. The van der Waals surface area contributed by atoms with Crippen molar-refractivity contribution in [2.24, 2.45) is 0 Å². The Morgan fingerprint density at radius 1 is 1.12 bits per heavy atom. The molecule has 4 nitrogen and oxygen atoms in total. The first-order valence-electron chi connectivity index (χ1n) is 5.11. The summed E-state index contributed by atoms with van der Waals surface area (Å²) in [6, 6.07) is 11.4. The molecule has 84 valence electrons. The molecule has 3 rings (SSSR count). The number of fused-ring (bicyclic) bond motifs is 1. The molecule has 3 heterocycles. The van der Waals surface area contributed by atoms with Crippen molar-refractivity contribution in [1.29, 1.82) is 0 Å². The maximum absolute atomic E-state index is 5.98. The molecule has 0 amide bonds. The SMILES string of the molecule is Nc1cccc2c(Br)nc(-c3ccccn3)n12. The molecule has 0 saturated carbocycles. The number of pyridine rings is 2. The van der Waals surface area contributed by atoms with Gasteiger partial charge in [-0.2, -0.15) is 0 Å². The van der Waals surface area contributed by atoms with Gasteiger partial charge in [-0.3, -0.25) is 9.38 Å². The number of imidazole rings is 1. The number of halogens is 1. The monoisotopic (exact) mass is 288 g/mol. The lowest BCUT2D eigenvalue weighted by Crippen LogP contribution is -1.98. The third-order valence-corrected chi connectivity index (χ3v) is 3.12. The Bertz CT molecular complexity index is 676. The molecule has 0 aliphatic heterocycles. The zero-order chi connectivity index (χ0) is 11.8. The van der Waals surface area contributed by atoms with Gasteiger partial charge in [-0.25, -0.2) is 4.98 Å². The second kappa shape index (κ2) is 3.85. The van der Waals surface area contributed by atoms with Gasteiger partial charge in [0.25, 0.3) is 0 Å². The molecule has 2 N–H and O–H groups in total. The van der Waals surface area contributed by atoms with Gasteiger partial charge in [0.05, 0.1) is 5.52 Å². The molecule has 0 bridgehead atoms. The van der Waals surface area contributed by atoms with Crippen LogP contribution in [0.3, 0.4) is 0 Å². The van der Waals surface area contributed by atoms with Crippen molar-refractivity contribution in [1.82, 2.24) is 14.4 Å². The summed E-state index contributed by atoms with van der Waals surface area (Å²) in [6.07, 6.45) is 1.74. The van der Waals surface area contributed by atoms with Crippen LogP contribution in [0.15, 0.2) is 47.2 Å². The third kappa shape index (κ3) is 1.59. The van der Waals surface area contributed by atoms with Crippen LogP contribution in [-0.2, 0) is 0 Å². The summed E-state index contributed by atoms with van der Waals surface area (Å²) in [7, 11) is 0. The largest absolute Gasteiger partial charge is 0.385 e. The molecular weight excluding hydrogens is 280 g/mol. The van der Waals surface area contributed by atoms with Crippen LogP contribution in [0.25, 0.3) is 17.0 Å². The number of aromatic nitrogens is 3. The number of nitrogen functional groups attached to an aromatic ring is 1. The molecule has 0 aliphatic rings. The summed E-state index contributed by atoms with van der Waals surface area (Å²) in [4.78, 5) is 8.75. The van der Waals surface area contributed by atoms with Gasteiger partial charge in [0.1, 0.15) is 16.1 Å². The molecule has 0 unspecified atom stereocenters. The van der Waals surface area contributed by atoms with Crippen LogP contribution in [0.4, 0.5) is 5.82 Å². The maximum Gasteiger partial charge on any atom is 0.166 e. The lowest BCUT2D eigenvalue weighted by molar-refractivity contribution is 1.14. The fourth-order valence-corrected chi connectivity index (χ4v) is 2.27. The van der Waals surface area contributed by atoms with Crippen molar-refractivity contribution >= 4 is 27.3 Å². The van der Waals surface area contributed by atoms with Crippen LogP contribution < -0.4 is 5.73 Å². The highest BCUT2D eigenvalue weighted by Crippen LogP contribution is 2.26. The van der Waals surface area contributed by atoms with Crippen LogP contribution in [0.2, 0.25) is 0 Å². The summed E-state index contributed by atoms with van der Waals surface area (Å²) in [5.41, 5.74) is 7.72. The van der Waals surface area contributed by atoms with E-state index >= 15 is 0 Å². The molecule has 3 aromatic heterocycles. The highest BCUT2D eigenvalue weighted by atomic mass is 79.9. The molecular formula is C12H9BrN4. The topological polar surface area (TPSA) is 56.2 Å². The van der Waals surface area contributed by atoms with Gasteiger partial charge in [-0.05, 0) is 40.2 Å². The van der Waals surface area contributed by atoms with E-state index in [1.165, 1.54) is 0 Å². The molecule has 0 atom stereocenters. The fraction of sp³-hybridized carbons (Fsp3) is 0. The predicted molar refractivity (Wildman–Crippen MR) is 70.5 cm³/mol. The lowest BCUT2D eigenvalue weighted by atomic mass is 10.3. The first-order chi connectivity index (χ1) is 8.27. The Labute approximate surface area is 106 Å². The molecule has 5 heteroatoms. The minimum atomic E-state index is 0.640. The predicted octanol–water partition coefficient (Wildman–Crippen LogP) is 2.74. The summed E-state index contributed by atoms with van der Waals surface area (Å²) >= 11 is 3.43. The van der Waals surface area contributed by atoms with E-state index in [0.29, 0.717) is 5.82 Å². The van der Waals surface area contributed by atoms with E-state index in [1.807, 2.05) is 40.8 Å². The Hall–Kier alpha value is -1.88. The first kappa shape index (κ1) is 10.3. The van der Waals surface area contributed by atoms with E-state index < -0.39 is 0 Å². The standard InChI is InChI=1S/C12H9BrN4/c13-11-9-5-3-6-10(14)17(9)12(16-11)8-4-1-2-7-15-8/h1-7H,14H2. The van der Waals surface area contributed by atoms with E-state index in [4.69, 9.17) is 5.73 Å². The second-order valence-corrected chi connectivity index (χ2v) is 4.36. The number of nitrogens with two attached hydrogens (primary N) is 1. The van der Waals surface area contributed by atoms with Gasteiger partial charge >= 0.3 is 0 Å². The van der Waals surface area contributed by atoms with E-state index in [1.54, 1.807) is 6.20 Å². The third-order valence-electron chi connectivity index (χ3n) is 2.54. The van der Waals surface area contributed by atoms with Gasteiger partial charge in [0.15, 0.2) is 5.82 Å². The zero-order valence-electron chi connectivity index (χ0n) is 8.84. The van der Waals surface area contributed by atoms with Crippen molar-refractivity contribution < 1.29 is 0 Å². The van der Waals surface area contributed by atoms with E-state index in [9.17, 15) is 0 Å². The number of nitrogens with zero attached hydrogens (tertiary/aromatic N) is 3. The summed E-state index contributed by atoms with van der Waals surface area (Å²) in [5, 5.41) is 0. The van der Waals surface area contributed by atoms with Gasteiger partial charge in [-0.1, -0.05) is 12.1 Å². The Balaban J connectivity index is 2.38. The fourth-order valence-electron chi connectivity index (χ4n) is 1.79. The number of anilines is 1. The Morgan fingerprint density at radius 3 is 2.76 bits per heavy atom. The van der Waals surface area contributed by atoms with Gasteiger partial charge in [0, 0.05) is 6.20 Å². The minimum Gasteiger partial charge on any atom is -0.385 e. The average molecular weight is 289 g/mol. The highest BCUT2D eigenvalue weighted by molar-refractivity contribution is 9.10. The maximum atomic E-state index is 5.98. The zero-order valence-corrected chi connectivity index (χ0v) is 10.4. The normalized spacial score (nSPS) is 10.9. The van der Waals surface area contributed by atoms with Gasteiger partial charge < -0.3 is 5.73 Å². The van der Waals surface area contributed by atoms with E-state index in [2.05, 4.69) is 25.9 Å². The van der Waals surface area contributed by atoms with Crippen molar-refractivity contribution in [3.05, 3.63) is 47.2 Å². The quantitative estimate of drug-likeness (QED) is 0.749. The number of hydrogen-bond acceptors (Lipinski definition) is 3. The molecule has 0 radical (unpaired) electrons. The first-order valence-corrected chi connectivity index (χ1v) is 5.90. The van der Waals surface area contributed by atoms with Crippen LogP contribution in [0.5, 0.6) is 0 Å². The summed E-state index contributed by atoms with van der Waals surface area (Å²) in [6.45, 7) is 0. The summed E-state index contributed by atoms with van der Waals surface area (Å²) in [5.74, 6) is 1.38. The molecule has 0 fully saturated rings. The minimum absolute atomic E-state index is 0.640. The molecule has 3 aromatic rings. The van der Waals surface area contributed by atoms with Crippen LogP contribution >= 0.6 is 15.9 Å². The molecule has 0 spiro atoms. The van der Waals surface area contributed by atoms with E-state index in [0.717, 1.165) is 21.6 Å². The van der Waals surface area contributed by atoms with Crippen LogP contribution in [-0.4, -0.2) is 14.4 Å². The van der Waals surface area contributed by atoms with Crippen molar-refractivity contribution in [3.63, 3.8) is 0 Å². The van der Waals surface area contributed by atoms with Crippen molar-refractivity contribution in [2.45, 2.75) is 0 Å². The molecule has 17 heavy (non-hydrogen) atoms. The van der Waals surface area contributed by atoms with Crippen molar-refractivity contribution in [3.8, 4) is 11.5 Å². The Morgan fingerprint density at radius 2 is 2.00 bits per heavy atom. The second-order valence-electron chi connectivity index (χ2n) is 3.61. The summed E-state index contributed by atoms with van der Waals surface area (Å²) < 4.78 is 2.65. The van der Waals surface area contributed by atoms with Crippen molar-refractivity contribution in [2.75, 3.05) is 5.73 Å². The molecule has 0 aromatic carbocycles. The van der Waals surface area contributed by atoms with Crippen LogP contribution in [0, 0.1) is 0 Å².